The zero-order chi connectivity index (χ0) is 10.6. The first-order valence-corrected chi connectivity index (χ1v) is 5.88. The molecule has 0 aliphatic rings. The van der Waals surface area contributed by atoms with E-state index in [1.165, 1.54) is 11.3 Å². The van der Waals surface area contributed by atoms with E-state index >= 15 is 0 Å². The zero-order valence-electron chi connectivity index (χ0n) is 8.59. The van der Waals surface area contributed by atoms with Crippen LogP contribution in [0.5, 0.6) is 0 Å². The first kappa shape index (κ1) is 11.6. The number of halogens is 2. The molecule has 1 aromatic heterocycles. The first-order valence-electron chi connectivity index (χ1n) is 5.06. The molecule has 0 radical (unpaired) electrons. The van der Waals surface area contributed by atoms with Gasteiger partial charge in [0, 0.05) is 4.88 Å². The van der Waals surface area contributed by atoms with Gasteiger partial charge in [-0.05, 0) is 30.9 Å². The Balaban J connectivity index is 2.73. The van der Waals surface area contributed by atoms with Crippen molar-refractivity contribution < 1.29 is 8.78 Å². The van der Waals surface area contributed by atoms with Crippen LogP contribution in [-0.2, 0) is 0 Å². The van der Waals surface area contributed by atoms with Crippen molar-refractivity contribution in [3.05, 3.63) is 21.9 Å². The SMILES string of the molecule is CCCC(CC)c1ccc(C(F)F)s1. The summed E-state index contributed by atoms with van der Waals surface area (Å²) in [6.07, 6.45) is 0.935. The molecule has 0 amide bonds. The van der Waals surface area contributed by atoms with Crippen LogP contribution in [0.15, 0.2) is 12.1 Å². The molecule has 3 heteroatoms. The zero-order valence-corrected chi connectivity index (χ0v) is 9.41. The minimum absolute atomic E-state index is 0.203. The molecule has 0 nitrogen and oxygen atoms in total. The molecule has 80 valence electrons. The van der Waals surface area contributed by atoms with Crippen molar-refractivity contribution >= 4 is 11.3 Å². The lowest BCUT2D eigenvalue weighted by Crippen LogP contribution is -1.92. The van der Waals surface area contributed by atoms with Gasteiger partial charge >= 0.3 is 0 Å². The first-order chi connectivity index (χ1) is 6.69. The summed E-state index contributed by atoms with van der Waals surface area (Å²) in [6, 6.07) is 3.42. The van der Waals surface area contributed by atoms with E-state index in [1.807, 2.05) is 6.07 Å². The molecule has 1 rings (SSSR count). The van der Waals surface area contributed by atoms with Gasteiger partial charge in [0.15, 0.2) is 0 Å². The predicted octanol–water partition coefficient (Wildman–Crippen LogP) is 4.98. The van der Waals surface area contributed by atoms with E-state index in [1.54, 1.807) is 6.07 Å². The number of alkyl halides is 2. The fraction of sp³-hybridized carbons (Fsp3) is 0.636. The van der Waals surface area contributed by atoms with Crippen LogP contribution >= 0.6 is 11.3 Å². The predicted molar refractivity (Wildman–Crippen MR) is 57.2 cm³/mol. The maximum atomic E-state index is 12.3. The molecule has 0 bridgehead atoms. The van der Waals surface area contributed by atoms with Crippen molar-refractivity contribution in [1.82, 2.24) is 0 Å². The van der Waals surface area contributed by atoms with Gasteiger partial charge in [0.05, 0.1) is 4.88 Å². The van der Waals surface area contributed by atoms with Crippen LogP contribution in [0.3, 0.4) is 0 Å². The third-order valence-corrected chi connectivity index (χ3v) is 3.65. The minimum atomic E-state index is -2.31. The van der Waals surface area contributed by atoms with Crippen molar-refractivity contribution in [2.45, 2.75) is 45.5 Å². The summed E-state index contributed by atoms with van der Waals surface area (Å²) < 4.78 is 24.7. The fourth-order valence-corrected chi connectivity index (χ4v) is 2.69. The van der Waals surface area contributed by atoms with E-state index in [9.17, 15) is 8.78 Å². The molecule has 1 heterocycles. The Kier molecular flexibility index (Phi) is 4.52. The van der Waals surface area contributed by atoms with Gasteiger partial charge in [-0.25, -0.2) is 8.78 Å². The second kappa shape index (κ2) is 5.44. The van der Waals surface area contributed by atoms with E-state index in [0.717, 1.165) is 24.1 Å². The van der Waals surface area contributed by atoms with Crippen LogP contribution in [0, 0.1) is 0 Å². The van der Waals surface area contributed by atoms with Crippen molar-refractivity contribution in [2.75, 3.05) is 0 Å². The van der Waals surface area contributed by atoms with Crippen molar-refractivity contribution in [3.63, 3.8) is 0 Å². The number of rotatable bonds is 5. The third kappa shape index (κ3) is 2.77. The Labute approximate surface area is 88.0 Å². The molecule has 14 heavy (non-hydrogen) atoms. The van der Waals surface area contributed by atoms with Crippen molar-refractivity contribution in [1.29, 1.82) is 0 Å². The van der Waals surface area contributed by atoms with Gasteiger partial charge in [0.2, 0.25) is 0 Å². The monoisotopic (exact) mass is 218 g/mol. The van der Waals surface area contributed by atoms with Crippen LogP contribution in [0.4, 0.5) is 8.78 Å². The number of hydrogen-bond donors (Lipinski definition) is 0. The molecule has 0 aromatic carbocycles. The smallest absolute Gasteiger partial charge is 0.204 e. The highest BCUT2D eigenvalue weighted by atomic mass is 32.1. The summed E-state index contributed by atoms with van der Waals surface area (Å²) >= 11 is 1.26. The van der Waals surface area contributed by atoms with Gasteiger partial charge < -0.3 is 0 Å². The molecule has 1 unspecified atom stereocenters. The molecule has 1 atom stereocenters. The third-order valence-electron chi connectivity index (χ3n) is 2.39. The summed E-state index contributed by atoms with van der Waals surface area (Å²) in [5.41, 5.74) is 0. The van der Waals surface area contributed by atoms with E-state index in [0.29, 0.717) is 5.92 Å². The lowest BCUT2D eigenvalue weighted by Gasteiger charge is -2.10. The fourth-order valence-electron chi connectivity index (χ4n) is 1.60. The van der Waals surface area contributed by atoms with Gasteiger partial charge in [0.25, 0.3) is 6.43 Å². The van der Waals surface area contributed by atoms with Crippen LogP contribution < -0.4 is 0 Å². The Bertz CT molecular complexity index is 268. The van der Waals surface area contributed by atoms with Gasteiger partial charge in [-0.2, -0.15) is 0 Å². The van der Waals surface area contributed by atoms with E-state index < -0.39 is 6.43 Å². The van der Waals surface area contributed by atoms with Crippen LogP contribution in [0.2, 0.25) is 0 Å². The average Bonchev–Trinajstić information content (AvgIpc) is 2.63. The Morgan fingerprint density at radius 3 is 2.29 bits per heavy atom. The lowest BCUT2D eigenvalue weighted by atomic mass is 9.99. The standard InChI is InChI=1S/C11H16F2S/c1-3-5-8(4-2)9-6-7-10(14-9)11(12)13/h6-8,11H,3-5H2,1-2H3. The Hall–Kier alpha value is -0.440. The molecular formula is C11H16F2S. The molecule has 1 aromatic rings. The molecule has 0 spiro atoms. The molecule has 0 N–H and O–H groups in total. The normalized spacial score (nSPS) is 13.5. The molecule has 0 saturated carbocycles. The summed E-state index contributed by atoms with van der Waals surface area (Å²) in [4.78, 5) is 1.32. The molecule has 0 fully saturated rings. The van der Waals surface area contributed by atoms with Gasteiger partial charge in [-0.15, -0.1) is 11.3 Å². The average molecular weight is 218 g/mol. The van der Waals surface area contributed by atoms with Crippen molar-refractivity contribution in [3.8, 4) is 0 Å². The largest absolute Gasteiger partial charge is 0.272 e. The quantitative estimate of drug-likeness (QED) is 0.654. The maximum Gasteiger partial charge on any atom is 0.272 e. The van der Waals surface area contributed by atoms with Gasteiger partial charge in [-0.3, -0.25) is 0 Å². The lowest BCUT2D eigenvalue weighted by molar-refractivity contribution is 0.155. The molecule has 0 aliphatic heterocycles. The molecule has 0 aliphatic carbocycles. The number of thiophene rings is 1. The van der Waals surface area contributed by atoms with Crippen LogP contribution in [0.1, 0.15) is 55.2 Å². The Morgan fingerprint density at radius 1 is 1.21 bits per heavy atom. The highest BCUT2D eigenvalue weighted by molar-refractivity contribution is 7.12. The Morgan fingerprint density at radius 2 is 1.86 bits per heavy atom. The summed E-state index contributed by atoms with van der Waals surface area (Å²) in [7, 11) is 0. The van der Waals surface area contributed by atoms with Crippen LogP contribution in [-0.4, -0.2) is 0 Å². The van der Waals surface area contributed by atoms with Crippen LogP contribution in [0.25, 0.3) is 0 Å². The van der Waals surface area contributed by atoms with E-state index in [4.69, 9.17) is 0 Å². The maximum absolute atomic E-state index is 12.3. The topological polar surface area (TPSA) is 0 Å². The van der Waals surface area contributed by atoms with Gasteiger partial charge in [-0.1, -0.05) is 20.3 Å². The van der Waals surface area contributed by atoms with E-state index in [2.05, 4.69) is 13.8 Å². The summed E-state index contributed by atoms with van der Waals surface area (Å²) in [5, 5.41) is 0. The molecule has 0 saturated heterocycles. The second-order valence-corrected chi connectivity index (χ2v) is 4.58. The number of hydrogen-bond acceptors (Lipinski definition) is 1. The highest BCUT2D eigenvalue weighted by Gasteiger charge is 2.15. The molecular weight excluding hydrogens is 202 g/mol. The van der Waals surface area contributed by atoms with Crippen molar-refractivity contribution in [2.24, 2.45) is 0 Å². The summed E-state index contributed by atoms with van der Waals surface area (Å²) in [5.74, 6) is 0.470. The highest BCUT2D eigenvalue weighted by Crippen LogP contribution is 2.34. The minimum Gasteiger partial charge on any atom is -0.204 e. The van der Waals surface area contributed by atoms with E-state index in [-0.39, 0.29) is 4.88 Å². The van der Waals surface area contributed by atoms with Gasteiger partial charge in [0.1, 0.15) is 0 Å². The summed E-state index contributed by atoms with van der Waals surface area (Å²) in [6.45, 7) is 4.24. The second-order valence-electron chi connectivity index (χ2n) is 3.43.